The highest BCUT2D eigenvalue weighted by Gasteiger charge is 2.22. The van der Waals surface area contributed by atoms with Crippen LogP contribution in [0.3, 0.4) is 0 Å². The minimum absolute atomic E-state index is 0.194. The van der Waals surface area contributed by atoms with Crippen molar-refractivity contribution in [1.29, 1.82) is 0 Å². The van der Waals surface area contributed by atoms with Crippen LogP contribution in [-0.4, -0.2) is 10.9 Å². The number of rotatable bonds is 5. The topological polar surface area (TPSA) is 33.2 Å². The summed E-state index contributed by atoms with van der Waals surface area (Å²) < 4.78 is 14.4. The van der Waals surface area contributed by atoms with Crippen molar-refractivity contribution in [2.45, 2.75) is 19.9 Å². The number of hydrogen-bond acceptors (Lipinski definition) is 3. The normalized spacial score (nSPS) is 10.9. The van der Waals surface area contributed by atoms with Crippen LogP contribution in [0, 0.1) is 5.82 Å². The van der Waals surface area contributed by atoms with E-state index in [-0.39, 0.29) is 11.7 Å². The Hall–Kier alpha value is -3.05. The van der Waals surface area contributed by atoms with Crippen molar-refractivity contribution in [3.63, 3.8) is 0 Å². The van der Waals surface area contributed by atoms with Crippen LogP contribution in [0.5, 0.6) is 0 Å². The van der Waals surface area contributed by atoms with Gasteiger partial charge in [0.2, 0.25) is 0 Å². The molecule has 0 radical (unpaired) electrons. The second-order valence-corrected chi connectivity index (χ2v) is 7.51. The molecule has 140 valence electrons. The van der Waals surface area contributed by atoms with E-state index in [0.29, 0.717) is 17.2 Å². The molecule has 28 heavy (non-hydrogen) atoms. The number of hydrogen-bond donors (Lipinski definition) is 0. The molecule has 1 aromatic heterocycles. The molecule has 0 unspecified atom stereocenters. The second-order valence-electron chi connectivity index (χ2n) is 6.50. The van der Waals surface area contributed by atoms with Gasteiger partial charge < -0.3 is 0 Å². The van der Waals surface area contributed by atoms with Crippen LogP contribution in [0.1, 0.15) is 28.4 Å². The van der Waals surface area contributed by atoms with E-state index in [1.54, 1.807) is 4.90 Å². The molecule has 4 rings (SSSR count). The van der Waals surface area contributed by atoms with Crippen molar-refractivity contribution in [2.75, 3.05) is 4.90 Å². The van der Waals surface area contributed by atoms with Gasteiger partial charge in [-0.1, -0.05) is 60.7 Å². The number of para-hydroxylation sites is 1. The Morgan fingerprint density at radius 1 is 1.00 bits per heavy atom. The number of halogens is 1. The molecule has 4 aromatic rings. The predicted molar refractivity (Wildman–Crippen MR) is 112 cm³/mol. The molecule has 5 heteroatoms. The molecular weight excluding hydrogens is 371 g/mol. The van der Waals surface area contributed by atoms with E-state index in [2.05, 4.69) is 13.0 Å². The van der Waals surface area contributed by atoms with Gasteiger partial charge >= 0.3 is 0 Å². The third-order valence-corrected chi connectivity index (χ3v) is 5.67. The third-order valence-electron chi connectivity index (χ3n) is 4.62. The summed E-state index contributed by atoms with van der Waals surface area (Å²) in [5.41, 5.74) is 3.55. The zero-order chi connectivity index (χ0) is 19.5. The van der Waals surface area contributed by atoms with Crippen LogP contribution in [0.15, 0.2) is 72.8 Å². The van der Waals surface area contributed by atoms with Gasteiger partial charge in [-0.3, -0.25) is 9.69 Å². The standard InChI is InChI=1S/C23H19FN2OS/c1-2-17-9-6-10-20-21(17)25-23(28-20)26(15-16-7-4-3-5-8-16)22(27)18-11-13-19(24)14-12-18/h3-14H,2,15H2,1H3. The van der Waals surface area contributed by atoms with Gasteiger partial charge in [-0.2, -0.15) is 0 Å². The molecule has 3 aromatic carbocycles. The maximum absolute atomic E-state index is 13.3. The van der Waals surface area contributed by atoms with E-state index in [0.717, 1.165) is 27.8 Å². The summed E-state index contributed by atoms with van der Waals surface area (Å²) in [5, 5.41) is 0.647. The first-order valence-corrected chi connectivity index (χ1v) is 9.97. The van der Waals surface area contributed by atoms with Crippen LogP contribution in [0.2, 0.25) is 0 Å². The summed E-state index contributed by atoms with van der Waals surface area (Å²) in [6.45, 7) is 2.50. The first kappa shape index (κ1) is 18.3. The number of benzene rings is 3. The van der Waals surface area contributed by atoms with Crippen LogP contribution < -0.4 is 4.90 Å². The van der Waals surface area contributed by atoms with Crippen molar-refractivity contribution in [2.24, 2.45) is 0 Å². The third kappa shape index (κ3) is 3.66. The molecular formula is C23H19FN2OS. The monoisotopic (exact) mass is 390 g/mol. The summed E-state index contributed by atoms with van der Waals surface area (Å²) in [6.07, 6.45) is 0.880. The number of aryl methyl sites for hydroxylation is 1. The highest BCUT2D eigenvalue weighted by atomic mass is 32.1. The lowest BCUT2D eigenvalue weighted by molar-refractivity contribution is 0.0985. The number of carbonyl (C=O) groups excluding carboxylic acids is 1. The highest BCUT2D eigenvalue weighted by Crippen LogP contribution is 2.32. The Balaban J connectivity index is 1.78. The van der Waals surface area contributed by atoms with E-state index in [1.807, 2.05) is 42.5 Å². The van der Waals surface area contributed by atoms with Gasteiger partial charge in [0.15, 0.2) is 5.13 Å². The maximum atomic E-state index is 13.3. The zero-order valence-corrected chi connectivity index (χ0v) is 16.2. The average Bonchev–Trinajstić information content (AvgIpc) is 3.17. The molecule has 0 saturated carbocycles. The highest BCUT2D eigenvalue weighted by molar-refractivity contribution is 7.22. The Morgan fingerprint density at radius 3 is 2.46 bits per heavy atom. The summed E-state index contributed by atoms with van der Waals surface area (Å²) in [4.78, 5) is 19.7. The molecule has 3 nitrogen and oxygen atoms in total. The molecule has 0 aliphatic carbocycles. The SMILES string of the molecule is CCc1cccc2sc(N(Cc3ccccc3)C(=O)c3ccc(F)cc3)nc12. The first-order chi connectivity index (χ1) is 13.7. The summed E-state index contributed by atoms with van der Waals surface area (Å²) in [5.74, 6) is -0.556. The van der Waals surface area contributed by atoms with Gasteiger partial charge in [0.05, 0.1) is 16.8 Å². The number of carbonyl (C=O) groups is 1. The molecule has 0 atom stereocenters. The second kappa shape index (κ2) is 7.90. The van der Waals surface area contributed by atoms with Crippen molar-refractivity contribution in [1.82, 2.24) is 4.98 Å². The predicted octanol–water partition coefficient (Wildman–Crippen LogP) is 5.84. The Kier molecular flexibility index (Phi) is 5.17. The van der Waals surface area contributed by atoms with Crippen LogP contribution in [-0.2, 0) is 13.0 Å². The quantitative estimate of drug-likeness (QED) is 0.429. The number of thiazole rings is 1. The summed E-state index contributed by atoms with van der Waals surface area (Å²) in [6, 6.07) is 21.6. The number of aromatic nitrogens is 1. The molecule has 0 fully saturated rings. The number of nitrogens with zero attached hydrogens (tertiary/aromatic N) is 2. The van der Waals surface area contributed by atoms with Gasteiger partial charge in [-0.15, -0.1) is 0 Å². The van der Waals surface area contributed by atoms with Gasteiger partial charge in [0.1, 0.15) is 5.82 Å². The minimum Gasteiger partial charge on any atom is -0.279 e. The van der Waals surface area contributed by atoms with Crippen molar-refractivity contribution >= 4 is 32.6 Å². The lowest BCUT2D eigenvalue weighted by Gasteiger charge is -2.20. The number of amides is 1. The van der Waals surface area contributed by atoms with Crippen LogP contribution in [0.25, 0.3) is 10.2 Å². The fourth-order valence-corrected chi connectivity index (χ4v) is 4.15. The minimum atomic E-state index is -0.362. The zero-order valence-electron chi connectivity index (χ0n) is 15.4. The van der Waals surface area contributed by atoms with Crippen LogP contribution in [0.4, 0.5) is 9.52 Å². The fraction of sp³-hybridized carbons (Fsp3) is 0.130. The van der Waals surface area contributed by atoms with Crippen molar-refractivity contribution < 1.29 is 9.18 Å². The summed E-state index contributed by atoms with van der Waals surface area (Å²) in [7, 11) is 0. The van der Waals surface area contributed by atoms with E-state index < -0.39 is 0 Å². The Morgan fingerprint density at radius 2 is 1.75 bits per heavy atom. The number of anilines is 1. The maximum Gasteiger partial charge on any atom is 0.260 e. The van der Waals surface area contributed by atoms with E-state index in [9.17, 15) is 9.18 Å². The smallest absolute Gasteiger partial charge is 0.260 e. The number of fused-ring (bicyclic) bond motifs is 1. The molecule has 0 spiro atoms. The molecule has 0 bridgehead atoms. The largest absolute Gasteiger partial charge is 0.279 e. The van der Waals surface area contributed by atoms with Gasteiger partial charge in [-0.05, 0) is 47.9 Å². The van der Waals surface area contributed by atoms with E-state index >= 15 is 0 Å². The van der Waals surface area contributed by atoms with Gasteiger partial charge in [0.25, 0.3) is 5.91 Å². The van der Waals surface area contributed by atoms with E-state index in [1.165, 1.54) is 35.6 Å². The lowest BCUT2D eigenvalue weighted by atomic mass is 10.1. The van der Waals surface area contributed by atoms with Gasteiger partial charge in [-0.25, -0.2) is 9.37 Å². The Bertz CT molecular complexity index is 1110. The van der Waals surface area contributed by atoms with Crippen molar-refractivity contribution in [3.8, 4) is 0 Å². The van der Waals surface area contributed by atoms with E-state index in [4.69, 9.17) is 4.98 Å². The lowest BCUT2D eigenvalue weighted by Crippen LogP contribution is -2.30. The van der Waals surface area contributed by atoms with Gasteiger partial charge in [0, 0.05) is 5.56 Å². The molecule has 1 amide bonds. The molecule has 0 saturated heterocycles. The molecule has 0 aliphatic heterocycles. The van der Waals surface area contributed by atoms with Crippen molar-refractivity contribution in [3.05, 3.63) is 95.3 Å². The molecule has 0 aliphatic rings. The summed E-state index contributed by atoms with van der Waals surface area (Å²) >= 11 is 1.50. The van der Waals surface area contributed by atoms with Crippen LogP contribution >= 0.6 is 11.3 Å². The average molecular weight is 390 g/mol. The first-order valence-electron chi connectivity index (χ1n) is 9.15. The fourth-order valence-electron chi connectivity index (χ4n) is 3.14. The molecule has 0 N–H and O–H groups in total. The molecule has 1 heterocycles. The Labute approximate surface area is 167 Å².